The Bertz CT molecular complexity index is 903. The molecule has 0 bridgehead atoms. The number of benzene rings is 1. The first-order chi connectivity index (χ1) is 16.1. The van der Waals surface area contributed by atoms with Crippen LogP contribution >= 0.6 is 0 Å². The molecule has 0 radical (unpaired) electrons. The molecule has 0 aliphatic heterocycles. The number of hydrogen-bond donors (Lipinski definition) is 4. The number of Topliss-reactive ketones (excluding diaryl/α,β-unsaturated/α-hetero) is 1. The molecule has 4 aliphatic rings. The Balaban J connectivity index is 1.37. The number of fused-ring (bicyclic) bond motifs is 5. The molecule has 4 N–H and O–H groups in total. The van der Waals surface area contributed by atoms with Crippen molar-refractivity contribution < 1.29 is 25.2 Å². The van der Waals surface area contributed by atoms with E-state index in [1.807, 2.05) is 30.3 Å². The largest absolute Gasteiger partial charge is 0.390 e. The Kier molecular flexibility index (Phi) is 6.24. The molecule has 0 amide bonds. The Morgan fingerprint density at radius 3 is 2.32 bits per heavy atom. The molecule has 4 saturated carbocycles. The summed E-state index contributed by atoms with van der Waals surface area (Å²) in [5, 5.41) is 42.8. The van der Waals surface area contributed by atoms with E-state index in [2.05, 4.69) is 20.8 Å². The number of ketones is 1. The molecule has 4 aliphatic carbocycles. The van der Waals surface area contributed by atoms with E-state index in [0.29, 0.717) is 42.9 Å². The van der Waals surface area contributed by atoms with Gasteiger partial charge in [-0.15, -0.1) is 0 Å². The Morgan fingerprint density at radius 1 is 0.941 bits per heavy atom. The highest BCUT2D eigenvalue weighted by atomic mass is 16.3. The fraction of sp³-hybridized carbons (Fsp3) is 0.759. The maximum atomic E-state index is 13.3. The van der Waals surface area contributed by atoms with Gasteiger partial charge >= 0.3 is 0 Å². The smallest absolute Gasteiger partial charge is 0.136 e. The van der Waals surface area contributed by atoms with Gasteiger partial charge < -0.3 is 20.4 Å². The van der Waals surface area contributed by atoms with Crippen molar-refractivity contribution in [2.75, 3.05) is 0 Å². The lowest BCUT2D eigenvalue weighted by molar-refractivity contribution is -0.174. The normalized spacial score (nSPS) is 46.7. The molecule has 12 atom stereocenters. The second kappa shape index (κ2) is 8.69. The highest BCUT2D eigenvalue weighted by Gasteiger charge is 2.63. The molecular weight excluding hydrogens is 428 g/mol. The van der Waals surface area contributed by atoms with Crippen LogP contribution < -0.4 is 0 Å². The number of hydrogen-bond acceptors (Lipinski definition) is 5. The lowest BCUT2D eigenvalue weighted by Gasteiger charge is -2.61. The minimum Gasteiger partial charge on any atom is -0.390 e. The monoisotopic (exact) mass is 470 g/mol. The zero-order valence-corrected chi connectivity index (χ0v) is 20.8. The molecule has 1 aromatic rings. The van der Waals surface area contributed by atoms with Crippen molar-refractivity contribution in [2.24, 2.45) is 46.3 Å². The average molecular weight is 471 g/mol. The fourth-order valence-corrected chi connectivity index (χ4v) is 9.35. The predicted molar refractivity (Wildman–Crippen MR) is 130 cm³/mol. The van der Waals surface area contributed by atoms with Crippen molar-refractivity contribution in [3.05, 3.63) is 35.9 Å². The van der Waals surface area contributed by atoms with Crippen LogP contribution in [0.4, 0.5) is 0 Å². The molecule has 5 rings (SSSR count). The summed E-state index contributed by atoms with van der Waals surface area (Å²) in [6.45, 7) is 6.64. The third-order valence-corrected chi connectivity index (χ3v) is 11.2. The molecule has 0 heterocycles. The van der Waals surface area contributed by atoms with E-state index in [-0.39, 0.29) is 28.4 Å². The van der Waals surface area contributed by atoms with Crippen LogP contribution in [-0.2, 0) is 4.79 Å². The fourth-order valence-electron chi connectivity index (χ4n) is 9.35. The summed E-state index contributed by atoms with van der Waals surface area (Å²) < 4.78 is 0. The number of carbonyl (C=O) groups excluding carboxylic acids is 1. The zero-order chi connectivity index (χ0) is 24.4. The van der Waals surface area contributed by atoms with Crippen LogP contribution in [0.25, 0.3) is 0 Å². The van der Waals surface area contributed by atoms with Gasteiger partial charge in [-0.25, -0.2) is 0 Å². The quantitative estimate of drug-likeness (QED) is 0.535. The van der Waals surface area contributed by atoms with Gasteiger partial charge in [0, 0.05) is 12.3 Å². The van der Waals surface area contributed by atoms with E-state index in [4.69, 9.17) is 0 Å². The number of carbonyl (C=O) groups is 1. The van der Waals surface area contributed by atoms with Crippen molar-refractivity contribution >= 4 is 5.78 Å². The Hall–Kier alpha value is -1.27. The van der Waals surface area contributed by atoms with Crippen molar-refractivity contribution in [1.82, 2.24) is 0 Å². The molecule has 0 spiro atoms. The minimum absolute atomic E-state index is 0.0360. The summed E-state index contributed by atoms with van der Waals surface area (Å²) in [6.07, 6.45) is 2.38. The van der Waals surface area contributed by atoms with Gasteiger partial charge in [0.2, 0.25) is 0 Å². The van der Waals surface area contributed by atoms with Crippen LogP contribution in [0, 0.1) is 46.3 Å². The molecule has 5 nitrogen and oxygen atoms in total. The van der Waals surface area contributed by atoms with Gasteiger partial charge in [0.05, 0.1) is 18.3 Å². The predicted octanol–water partition coefficient (Wildman–Crippen LogP) is 3.89. The lowest BCUT2D eigenvalue weighted by Crippen LogP contribution is -2.59. The molecule has 0 unspecified atom stereocenters. The average Bonchev–Trinajstić information content (AvgIpc) is 3.17. The van der Waals surface area contributed by atoms with E-state index < -0.39 is 24.4 Å². The maximum absolute atomic E-state index is 13.3. The third kappa shape index (κ3) is 3.61. The van der Waals surface area contributed by atoms with E-state index in [0.717, 1.165) is 31.2 Å². The Labute approximate surface area is 203 Å². The van der Waals surface area contributed by atoms with Gasteiger partial charge in [0.15, 0.2) is 0 Å². The first-order valence-electron chi connectivity index (χ1n) is 13.4. The van der Waals surface area contributed by atoms with Gasteiger partial charge in [-0.1, -0.05) is 51.1 Å². The highest BCUT2D eigenvalue weighted by Crippen LogP contribution is 2.68. The van der Waals surface area contributed by atoms with Gasteiger partial charge in [-0.05, 0) is 84.5 Å². The van der Waals surface area contributed by atoms with Gasteiger partial charge in [-0.2, -0.15) is 0 Å². The van der Waals surface area contributed by atoms with E-state index >= 15 is 0 Å². The van der Waals surface area contributed by atoms with E-state index in [9.17, 15) is 25.2 Å². The van der Waals surface area contributed by atoms with Crippen LogP contribution in [-0.4, -0.2) is 44.5 Å². The van der Waals surface area contributed by atoms with Crippen molar-refractivity contribution in [3.63, 3.8) is 0 Å². The second-order valence-electron chi connectivity index (χ2n) is 12.6. The van der Waals surface area contributed by atoms with Crippen molar-refractivity contribution in [3.8, 4) is 0 Å². The minimum atomic E-state index is -0.902. The van der Waals surface area contributed by atoms with Crippen LogP contribution in [0.3, 0.4) is 0 Å². The first kappa shape index (κ1) is 24.4. The molecule has 1 aromatic carbocycles. The highest BCUT2D eigenvalue weighted by molar-refractivity contribution is 5.83. The molecule has 188 valence electrons. The molecule has 0 saturated heterocycles. The summed E-state index contributed by atoms with van der Waals surface area (Å²) in [6, 6.07) is 9.42. The van der Waals surface area contributed by atoms with Crippen molar-refractivity contribution in [2.45, 2.75) is 90.1 Å². The topological polar surface area (TPSA) is 98.0 Å². The summed E-state index contributed by atoms with van der Waals surface area (Å²) in [5.74, 6) is 1.51. The summed E-state index contributed by atoms with van der Waals surface area (Å²) >= 11 is 0. The zero-order valence-electron chi connectivity index (χ0n) is 20.8. The summed E-state index contributed by atoms with van der Waals surface area (Å²) in [7, 11) is 0. The van der Waals surface area contributed by atoms with Crippen molar-refractivity contribution in [1.29, 1.82) is 0 Å². The second-order valence-corrected chi connectivity index (χ2v) is 12.6. The van der Waals surface area contributed by atoms with E-state index in [1.165, 1.54) is 0 Å². The molecule has 0 aromatic heterocycles. The maximum Gasteiger partial charge on any atom is 0.136 e. The van der Waals surface area contributed by atoms with Gasteiger partial charge in [0.1, 0.15) is 11.9 Å². The number of rotatable bonds is 4. The molecule has 34 heavy (non-hydrogen) atoms. The van der Waals surface area contributed by atoms with Gasteiger partial charge in [0.25, 0.3) is 0 Å². The third-order valence-electron chi connectivity index (χ3n) is 11.2. The number of aliphatic hydroxyl groups excluding tert-OH is 4. The SMILES string of the molecule is C[C@H]([C@@H](O)[C@H](O)c1ccccc1)[C@H]1CC[C@H]2[C@@H]3CC(=O)[C@H]4C[C@H](O)[C@H](O)C[C@]4(C)[C@H]3CC[C@]12C. The standard InChI is InChI=1S/C29H42O5/c1-16(26(33)27(34)17-7-5-4-6-8-17)19-9-10-20-18-13-23(30)22-14-24(31)25(32)15-29(22,3)21(18)11-12-28(19,20)2/h4-8,16,18-22,24-27,31-34H,9-15H2,1-3H3/t16-,18-,19+,20-,21-,22+,24-,25+,26+,27+,28+,29+/m0/s1. The summed E-state index contributed by atoms with van der Waals surface area (Å²) in [5.41, 5.74) is 0.543. The number of aliphatic hydroxyl groups is 4. The van der Waals surface area contributed by atoms with Crippen LogP contribution in [0.15, 0.2) is 30.3 Å². The van der Waals surface area contributed by atoms with Crippen LogP contribution in [0.5, 0.6) is 0 Å². The molecule has 4 fully saturated rings. The lowest BCUT2D eigenvalue weighted by atomic mass is 9.44. The molecular formula is C29H42O5. The van der Waals surface area contributed by atoms with Crippen LogP contribution in [0.2, 0.25) is 0 Å². The Morgan fingerprint density at radius 2 is 1.62 bits per heavy atom. The first-order valence-corrected chi connectivity index (χ1v) is 13.4. The van der Waals surface area contributed by atoms with E-state index in [1.54, 1.807) is 0 Å². The van der Waals surface area contributed by atoms with Crippen LogP contribution in [0.1, 0.15) is 77.4 Å². The van der Waals surface area contributed by atoms with Gasteiger partial charge in [-0.3, -0.25) is 4.79 Å². The summed E-state index contributed by atoms with van der Waals surface area (Å²) in [4.78, 5) is 13.3. The molecule has 5 heteroatoms.